The molecular weight excluding hydrogens is 370 g/mol. The maximum Gasteiger partial charge on any atom is 0.410 e. The zero-order chi connectivity index (χ0) is 21.0. The number of ether oxygens (including phenoxy) is 1. The fourth-order valence-electron chi connectivity index (χ4n) is 3.88. The zero-order valence-corrected chi connectivity index (χ0v) is 17.9. The number of nitrogens with zero attached hydrogens (tertiary/aromatic N) is 3. The van der Waals surface area contributed by atoms with Crippen LogP contribution in [0.5, 0.6) is 0 Å². The van der Waals surface area contributed by atoms with Gasteiger partial charge in [0.15, 0.2) is 0 Å². The lowest BCUT2D eigenvalue weighted by molar-refractivity contribution is 0.0139. The van der Waals surface area contributed by atoms with Gasteiger partial charge in [0.25, 0.3) is 0 Å². The molecule has 8 heteroatoms. The van der Waals surface area contributed by atoms with E-state index >= 15 is 0 Å². The largest absolute Gasteiger partial charge is 0.444 e. The lowest BCUT2D eigenvalue weighted by atomic mass is 9.93. The molecule has 1 aromatic rings. The van der Waals surface area contributed by atoms with Gasteiger partial charge in [-0.15, -0.1) is 0 Å². The molecule has 29 heavy (non-hydrogen) atoms. The van der Waals surface area contributed by atoms with E-state index in [-0.39, 0.29) is 12.2 Å². The van der Waals surface area contributed by atoms with Crippen molar-refractivity contribution >= 4 is 17.7 Å². The van der Waals surface area contributed by atoms with Crippen LogP contribution >= 0.6 is 0 Å². The van der Waals surface area contributed by atoms with Crippen LogP contribution in [0.2, 0.25) is 0 Å². The SMILES string of the molecule is CC(C)(C)OC(=O)N1CCN(Cc2cc(N)nc(NC3CCC(O)CC3)c2)CC1. The van der Waals surface area contributed by atoms with Crippen LogP contribution in [0, 0.1) is 0 Å². The highest BCUT2D eigenvalue weighted by atomic mass is 16.6. The number of nitrogens with two attached hydrogens (primary N) is 1. The Bertz CT molecular complexity index is 690. The maximum absolute atomic E-state index is 12.2. The van der Waals surface area contributed by atoms with Gasteiger partial charge in [-0.25, -0.2) is 9.78 Å². The normalized spacial score (nSPS) is 23.7. The summed E-state index contributed by atoms with van der Waals surface area (Å²) >= 11 is 0. The monoisotopic (exact) mass is 405 g/mol. The molecule has 8 nitrogen and oxygen atoms in total. The Kier molecular flexibility index (Phi) is 6.85. The van der Waals surface area contributed by atoms with E-state index in [4.69, 9.17) is 10.5 Å². The van der Waals surface area contributed by atoms with Crippen LogP contribution in [0.25, 0.3) is 0 Å². The molecule has 1 saturated carbocycles. The molecule has 1 saturated heterocycles. The van der Waals surface area contributed by atoms with Crippen LogP contribution in [-0.4, -0.2) is 69.9 Å². The van der Waals surface area contributed by atoms with Gasteiger partial charge in [0, 0.05) is 38.8 Å². The van der Waals surface area contributed by atoms with Gasteiger partial charge in [0.1, 0.15) is 17.2 Å². The molecule has 0 bridgehead atoms. The summed E-state index contributed by atoms with van der Waals surface area (Å²) in [4.78, 5) is 20.7. The molecule has 1 aliphatic heterocycles. The number of piperazine rings is 1. The number of aliphatic hydroxyl groups is 1. The highest BCUT2D eigenvalue weighted by Crippen LogP contribution is 2.23. The highest BCUT2D eigenvalue weighted by Gasteiger charge is 2.26. The summed E-state index contributed by atoms with van der Waals surface area (Å²) in [5.41, 5.74) is 6.68. The Balaban J connectivity index is 1.52. The molecule has 1 amide bonds. The van der Waals surface area contributed by atoms with Crippen molar-refractivity contribution in [3.63, 3.8) is 0 Å². The predicted molar refractivity (Wildman–Crippen MR) is 114 cm³/mol. The molecule has 0 unspecified atom stereocenters. The van der Waals surface area contributed by atoms with E-state index in [2.05, 4.69) is 21.3 Å². The number of aromatic nitrogens is 1. The number of rotatable bonds is 4. The van der Waals surface area contributed by atoms with Crippen LogP contribution in [0.1, 0.15) is 52.0 Å². The van der Waals surface area contributed by atoms with Crippen LogP contribution in [0.3, 0.4) is 0 Å². The smallest absolute Gasteiger partial charge is 0.410 e. The number of nitrogens with one attached hydrogen (secondary N) is 1. The second-order valence-corrected chi connectivity index (χ2v) is 9.18. The first-order valence-corrected chi connectivity index (χ1v) is 10.6. The first-order chi connectivity index (χ1) is 13.7. The molecule has 2 fully saturated rings. The molecule has 2 heterocycles. The standard InChI is InChI=1S/C21H35N5O3/c1-21(2,3)29-20(28)26-10-8-25(9-11-26)14-15-12-18(22)24-19(13-15)23-16-4-6-17(27)7-5-16/h12-13,16-17,27H,4-11,14H2,1-3H3,(H3,22,23,24). The molecule has 0 spiro atoms. The lowest BCUT2D eigenvalue weighted by Crippen LogP contribution is -2.49. The van der Waals surface area contributed by atoms with E-state index in [1.54, 1.807) is 4.90 Å². The molecule has 2 aliphatic rings. The minimum Gasteiger partial charge on any atom is -0.444 e. The van der Waals surface area contributed by atoms with Gasteiger partial charge < -0.3 is 25.8 Å². The van der Waals surface area contributed by atoms with E-state index in [0.717, 1.165) is 56.7 Å². The summed E-state index contributed by atoms with van der Waals surface area (Å²) in [6, 6.07) is 4.30. The van der Waals surface area contributed by atoms with Crippen molar-refractivity contribution in [2.45, 2.75) is 70.7 Å². The van der Waals surface area contributed by atoms with E-state index < -0.39 is 5.60 Å². The van der Waals surface area contributed by atoms with E-state index in [1.165, 1.54) is 0 Å². The van der Waals surface area contributed by atoms with Crippen LogP contribution in [0.4, 0.5) is 16.4 Å². The van der Waals surface area contributed by atoms with E-state index in [9.17, 15) is 9.90 Å². The third-order valence-corrected chi connectivity index (χ3v) is 5.38. The van der Waals surface area contributed by atoms with Gasteiger partial charge in [-0.1, -0.05) is 0 Å². The number of nitrogen functional groups attached to an aromatic ring is 1. The van der Waals surface area contributed by atoms with Crippen molar-refractivity contribution in [3.05, 3.63) is 17.7 Å². The quantitative estimate of drug-likeness (QED) is 0.707. The molecule has 1 aliphatic carbocycles. The highest BCUT2D eigenvalue weighted by molar-refractivity contribution is 5.68. The van der Waals surface area contributed by atoms with E-state index in [0.29, 0.717) is 24.9 Å². The van der Waals surface area contributed by atoms with Crippen molar-refractivity contribution in [2.24, 2.45) is 0 Å². The molecule has 0 atom stereocenters. The van der Waals surface area contributed by atoms with Gasteiger partial charge in [0.05, 0.1) is 6.10 Å². The minimum absolute atomic E-state index is 0.170. The van der Waals surface area contributed by atoms with Crippen LogP contribution in [0.15, 0.2) is 12.1 Å². The molecule has 3 rings (SSSR count). The summed E-state index contributed by atoms with van der Waals surface area (Å²) in [7, 11) is 0. The fraction of sp³-hybridized carbons (Fsp3) is 0.714. The Morgan fingerprint density at radius 3 is 2.48 bits per heavy atom. The van der Waals surface area contributed by atoms with Gasteiger partial charge in [-0.05, 0) is 64.2 Å². The van der Waals surface area contributed by atoms with Crippen molar-refractivity contribution in [3.8, 4) is 0 Å². The third kappa shape index (κ3) is 6.75. The fourth-order valence-corrected chi connectivity index (χ4v) is 3.88. The lowest BCUT2D eigenvalue weighted by Gasteiger charge is -2.35. The Hall–Kier alpha value is -2.06. The average Bonchev–Trinajstić information content (AvgIpc) is 2.62. The van der Waals surface area contributed by atoms with E-state index in [1.807, 2.05) is 26.8 Å². The Morgan fingerprint density at radius 1 is 1.21 bits per heavy atom. The van der Waals surface area contributed by atoms with Crippen LogP contribution in [-0.2, 0) is 11.3 Å². The zero-order valence-electron chi connectivity index (χ0n) is 17.9. The van der Waals surface area contributed by atoms with Crippen molar-refractivity contribution in [1.29, 1.82) is 0 Å². The van der Waals surface area contributed by atoms with Gasteiger partial charge in [-0.2, -0.15) is 0 Å². The third-order valence-electron chi connectivity index (χ3n) is 5.38. The van der Waals surface area contributed by atoms with Gasteiger partial charge >= 0.3 is 6.09 Å². The molecule has 0 radical (unpaired) electrons. The summed E-state index contributed by atoms with van der Waals surface area (Å²) in [5.74, 6) is 1.31. The minimum atomic E-state index is -0.470. The van der Waals surface area contributed by atoms with Crippen LogP contribution < -0.4 is 11.1 Å². The topological polar surface area (TPSA) is 104 Å². The van der Waals surface area contributed by atoms with Crippen molar-refractivity contribution < 1.29 is 14.6 Å². The Morgan fingerprint density at radius 2 is 1.86 bits per heavy atom. The summed E-state index contributed by atoms with van der Waals surface area (Å²) in [6.45, 7) is 9.33. The number of hydrogen-bond donors (Lipinski definition) is 3. The number of carbonyl (C=O) groups excluding carboxylic acids is 1. The first kappa shape index (κ1) is 21.6. The summed E-state index contributed by atoms with van der Waals surface area (Å²) in [5, 5.41) is 13.1. The van der Waals surface area contributed by atoms with Gasteiger partial charge in [-0.3, -0.25) is 4.90 Å². The Labute approximate surface area is 173 Å². The maximum atomic E-state index is 12.2. The number of anilines is 2. The first-order valence-electron chi connectivity index (χ1n) is 10.6. The second-order valence-electron chi connectivity index (χ2n) is 9.18. The average molecular weight is 406 g/mol. The molecular formula is C21H35N5O3. The number of carbonyl (C=O) groups is 1. The van der Waals surface area contributed by atoms with Crippen molar-refractivity contribution in [2.75, 3.05) is 37.2 Å². The number of amides is 1. The molecule has 162 valence electrons. The van der Waals surface area contributed by atoms with Crippen molar-refractivity contribution in [1.82, 2.24) is 14.8 Å². The summed E-state index contributed by atoms with van der Waals surface area (Å²) in [6.07, 6.45) is 3.13. The number of hydrogen-bond acceptors (Lipinski definition) is 7. The molecule has 0 aromatic carbocycles. The second kappa shape index (κ2) is 9.17. The molecule has 1 aromatic heterocycles. The summed E-state index contributed by atoms with van der Waals surface area (Å²) < 4.78 is 5.46. The number of pyridine rings is 1. The van der Waals surface area contributed by atoms with Gasteiger partial charge in [0.2, 0.25) is 0 Å². The molecule has 4 N–H and O–H groups in total. The number of aliphatic hydroxyl groups excluding tert-OH is 1. The predicted octanol–water partition coefficient (Wildman–Crippen LogP) is 2.43.